The van der Waals surface area contributed by atoms with Crippen LogP contribution in [0.15, 0.2) is 60.9 Å². The van der Waals surface area contributed by atoms with Gasteiger partial charge in [0, 0.05) is 6.04 Å². The Morgan fingerprint density at radius 3 is 2.42 bits per heavy atom. The molecule has 5 rings (SSSR count). The molecule has 0 unspecified atom stereocenters. The number of benzene rings is 2. The summed E-state index contributed by atoms with van der Waals surface area (Å²) in [6.45, 7) is 1.18. The molecule has 11 heteroatoms. The van der Waals surface area contributed by atoms with Crippen LogP contribution in [-0.2, 0) is 12.7 Å². The van der Waals surface area contributed by atoms with Crippen LogP contribution in [0, 0.1) is 0 Å². The topological polar surface area (TPSA) is 97.1 Å². The van der Waals surface area contributed by atoms with Gasteiger partial charge in [-0.25, -0.2) is 4.98 Å². The third-order valence-corrected chi connectivity index (χ3v) is 6.53. The zero-order valence-electron chi connectivity index (χ0n) is 20.7. The van der Waals surface area contributed by atoms with Gasteiger partial charge in [0.2, 0.25) is 5.95 Å². The molecule has 8 nitrogen and oxygen atoms in total. The van der Waals surface area contributed by atoms with E-state index < -0.39 is 11.7 Å². The van der Waals surface area contributed by atoms with Gasteiger partial charge in [-0.15, -0.1) is 0 Å². The van der Waals surface area contributed by atoms with Crippen LogP contribution in [0.4, 0.5) is 24.9 Å². The van der Waals surface area contributed by atoms with Crippen molar-refractivity contribution in [2.45, 2.75) is 50.6 Å². The maximum absolute atomic E-state index is 13.0. The van der Waals surface area contributed by atoms with Crippen LogP contribution < -0.4 is 15.4 Å². The van der Waals surface area contributed by atoms with Gasteiger partial charge < -0.3 is 25.0 Å². The maximum Gasteiger partial charge on any atom is 0.416 e. The Hall–Kier alpha value is -3.86. The molecule has 200 valence electrons. The zero-order valence-corrected chi connectivity index (χ0v) is 20.7. The van der Waals surface area contributed by atoms with Gasteiger partial charge in [0.25, 0.3) is 0 Å². The lowest BCUT2D eigenvalue weighted by molar-refractivity contribution is -0.137. The molecule has 1 aliphatic carbocycles. The minimum absolute atomic E-state index is 0.136. The lowest BCUT2D eigenvalue weighted by Gasteiger charge is -2.26. The molecule has 1 fully saturated rings. The second kappa shape index (κ2) is 11.3. The minimum atomic E-state index is -4.38. The maximum atomic E-state index is 13.0. The van der Waals surface area contributed by atoms with Gasteiger partial charge >= 0.3 is 6.18 Å². The number of hydrogen-bond acceptors (Lipinski definition) is 7. The molecule has 4 aromatic rings. The number of alkyl halides is 3. The summed E-state index contributed by atoms with van der Waals surface area (Å²) in [6, 6.07) is 14.7. The number of para-hydroxylation sites is 1. The van der Waals surface area contributed by atoms with Crippen LogP contribution in [0.3, 0.4) is 0 Å². The average Bonchev–Trinajstić information content (AvgIpc) is 3.31. The summed E-state index contributed by atoms with van der Waals surface area (Å²) in [7, 11) is 0. The first-order chi connectivity index (χ1) is 18.3. The van der Waals surface area contributed by atoms with Crippen LogP contribution in [0.1, 0.15) is 36.8 Å². The fourth-order valence-corrected chi connectivity index (χ4v) is 4.50. The summed E-state index contributed by atoms with van der Waals surface area (Å²) < 4.78 is 46.5. The van der Waals surface area contributed by atoms with E-state index in [1.807, 2.05) is 30.3 Å². The third-order valence-electron chi connectivity index (χ3n) is 6.53. The molecule has 0 spiro atoms. The number of ether oxygens (including phenoxy) is 1. The van der Waals surface area contributed by atoms with E-state index in [4.69, 9.17) is 9.72 Å². The highest BCUT2D eigenvalue weighted by Crippen LogP contribution is 2.30. The number of nitrogens with zero attached hydrogens (tertiary/aromatic N) is 4. The first-order valence-corrected chi connectivity index (χ1v) is 12.6. The summed E-state index contributed by atoms with van der Waals surface area (Å²) in [5.74, 6) is 1.74. The van der Waals surface area contributed by atoms with Crippen molar-refractivity contribution >= 4 is 22.9 Å². The van der Waals surface area contributed by atoms with Gasteiger partial charge in [0.15, 0.2) is 17.0 Å². The Labute approximate surface area is 217 Å². The summed E-state index contributed by atoms with van der Waals surface area (Å²) in [5, 5.41) is 16.5. The highest BCUT2D eigenvalue weighted by atomic mass is 19.4. The number of anilines is 2. The van der Waals surface area contributed by atoms with Crippen LogP contribution in [-0.4, -0.2) is 49.9 Å². The molecular formula is C27H29F3N6O2. The lowest BCUT2D eigenvalue weighted by atomic mass is 9.93. The Morgan fingerprint density at radius 1 is 0.974 bits per heavy atom. The van der Waals surface area contributed by atoms with E-state index in [-0.39, 0.29) is 12.1 Å². The van der Waals surface area contributed by atoms with E-state index >= 15 is 0 Å². The molecule has 1 aliphatic rings. The molecule has 0 bridgehead atoms. The molecule has 0 atom stereocenters. The normalized spacial score (nSPS) is 17.9. The van der Waals surface area contributed by atoms with E-state index in [1.165, 1.54) is 12.1 Å². The Bertz CT molecular complexity index is 1340. The van der Waals surface area contributed by atoms with Crippen molar-refractivity contribution in [1.29, 1.82) is 0 Å². The number of imidazole rings is 1. The summed E-state index contributed by atoms with van der Waals surface area (Å²) >= 11 is 0. The molecule has 1 saturated carbocycles. The van der Waals surface area contributed by atoms with Gasteiger partial charge in [-0.05, 0) is 55.5 Å². The number of aliphatic hydroxyl groups excluding tert-OH is 1. The average molecular weight is 527 g/mol. The van der Waals surface area contributed by atoms with E-state index in [2.05, 4.69) is 20.6 Å². The van der Waals surface area contributed by atoms with Crippen molar-refractivity contribution in [3.8, 4) is 5.75 Å². The Balaban J connectivity index is 1.36. The third kappa shape index (κ3) is 6.34. The van der Waals surface area contributed by atoms with Crippen molar-refractivity contribution in [3.63, 3.8) is 0 Å². The van der Waals surface area contributed by atoms with Gasteiger partial charge in [0.1, 0.15) is 12.4 Å². The number of halogens is 3. The number of aromatic nitrogens is 4. The SMILES string of the molecule is OC1CCC(Nc2nc(NCCOc3ccccc3)c3ncn(Cc4ccc(C(F)(F)F)cc4)c3n2)CC1. The van der Waals surface area contributed by atoms with E-state index in [0.717, 1.165) is 30.7 Å². The van der Waals surface area contributed by atoms with E-state index in [0.29, 0.717) is 61.0 Å². The molecule has 38 heavy (non-hydrogen) atoms. The number of fused-ring (bicyclic) bond motifs is 1. The molecule has 0 saturated heterocycles. The number of aliphatic hydroxyl groups is 1. The van der Waals surface area contributed by atoms with Crippen LogP contribution in [0.2, 0.25) is 0 Å². The fourth-order valence-electron chi connectivity index (χ4n) is 4.50. The monoisotopic (exact) mass is 526 g/mol. The number of rotatable bonds is 9. The van der Waals surface area contributed by atoms with Crippen molar-refractivity contribution in [2.24, 2.45) is 0 Å². The van der Waals surface area contributed by atoms with Gasteiger partial charge in [-0.2, -0.15) is 23.1 Å². The van der Waals surface area contributed by atoms with Crippen LogP contribution in [0.25, 0.3) is 11.2 Å². The fraction of sp³-hybridized carbons (Fsp3) is 0.370. The van der Waals surface area contributed by atoms with Gasteiger partial charge in [-0.3, -0.25) is 0 Å². The van der Waals surface area contributed by atoms with Crippen LogP contribution in [0.5, 0.6) is 5.75 Å². The van der Waals surface area contributed by atoms with Crippen molar-refractivity contribution in [3.05, 3.63) is 72.1 Å². The van der Waals surface area contributed by atoms with Gasteiger partial charge in [-0.1, -0.05) is 30.3 Å². The number of hydrogen-bond donors (Lipinski definition) is 3. The first-order valence-electron chi connectivity index (χ1n) is 12.6. The molecular weight excluding hydrogens is 497 g/mol. The summed E-state index contributed by atoms with van der Waals surface area (Å²) in [4.78, 5) is 13.9. The Kier molecular flexibility index (Phi) is 7.64. The molecule has 2 heterocycles. The van der Waals surface area contributed by atoms with Gasteiger partial charge in [0.05, 0.1) is 31.1 Å². The molecule has 0 amide bonds. The highest BCUT2D eigenvalue weighted by molar-refractivity contribution is 5.84. The second-order valence-corrected chi connectivity index (χ2v) is 9.37. The largest absolute Gasteiger partial charge is 0.492 e. The van der Waals surface area contributed by atoms with E-state index in [1.54, 1.807) is 10.9 Å². The van der Waals surface area contributed by atoms with Crippen molar-refractivity contribution in [2.75, 3.05) is 23.8 Å². The summed E-state index contributed by atoms with van der Waals surface area (Å²) in [5.41, 5.74) is 1.12. The molecule has 2 aromatic carbocycles. The Morgan fingerprint density at radius 2 is 1.71 bits per heavy atom. The second-order valence-electron chi connectivity index (χ2n) is 9.37. The van der Waals surface area contributed by atoms with Crippen molar-refractivity contribution in [1.82, 2.24) is 19.5 Å². The predicted octanol–water partition coefficient (Wildman–Crippen LogP) is 5.10. The quantitative estimate of drug-likeness (QED) is 0.261. The molecule has 0 radical (unpaired) electrons. The first kappa shape index (κ1) is 25.8. The zero-order chi connectivity index (χ0) is 26.5. The van der Waals surface area contributed by atoms with Crippen LogP contribution >= 0.6 is 0 Å². The molecule has 3 N–H and O–H groups in total. The van der Waals surface area contributed by atoms with E-state index in [9.17, 15) is 18.3 Å². The summed E-state index contributed by atoms with van der Waals surface area (Å²) in [6.07, 6.45) is 0.00410. The predicted molar refractivity (Wildman–Crippen MR) is 138 cm³/mol. The standard InChI is InChI=1S/C27H29F3N6O2/c28-27(29,30)19-8-6-18(7-9-19)16-36-17-32-23-24(31-14-15-38-22-4-2-1-3-5-22)34-26(35-25(23)36)33-20-10-12-21(37)13-11-20/h1-9,17,20-21,37H,10-16H2,(H2,31,33,34,35). The smallest absolute Gasteiger partial charge is 0.416 e. The molecule has 2 aromatic heterocycles. The van der Waals surface area contributed by atoms with Crippen molar-refractivity contribution < 1.29 is 23.0 Å². The highest BCUT2D eigenvalue weighted by Gasteiger charge is 2.30. The molecule has 0 aliphatic heterocycles. The lowest BCUT2D eigenvalue weighted by Crippen LogP contribution is -2.29. The minimum Gasteiger partial charge on any atom is -0.492 e. The number of nitrogens with one attached hydrogen (secondary N) is 2.